The Kier molecular flexibility index (Phi) is 15.9. The SMILES string of the molecule is CC(=O)c1ccc([Se])cc1.CCC[CH2][Sn]([CH2]CCC)[CH2]CCC. The summed E-state index contributed by atoms with van der Waals surface area (Å²) in [6.45, 7) is 8.57. The Labute approximate surface area is 159 Å². The van der Waals surface area contributed by atoms with E-state index >= 15 is 0 Å². The fraction of sp³-hybridized carbons (Fsp3) is 0.650. The number of carbonyl (C=O) groups is 1. The summed E-state index contributed by atoms with van der Waals surface area (Å²) in [7, 11) is 0. The van der Waals surface area contributed by atoms with E-state index in [-0.39, 0.29) is 5.78 Å². The van der Waals surface area contributed by atoms with Crippen LogP contribution >= 0.6 is 0 Å². The van der Waals surface area contributed by atoms with E-state index in [1.807, 2.05) is 24.3 Å². The second-order valence-electron chi connectivity index (χ2n) is 6.14. The van der Waals surface area contributed by atoms with Crippen molar-refractivity contribution in [1.29, 1.82) is 0 Å². The normalized spacial score (nSPS) is 10.3. The second kappa shape index (κ2) is 15.7. The monoisotopic (exact) mass is 490 g/mol. The van der Waals surface area contributed by atoms with Crippen molar-refractivity contribution in [3.8, 4) is 0 Å². The zero-order valence-corrected chi connectivity index (χ0v) is 20.1. The molecule has 0 aliphatic rings. The molecule has 1 nitrogen and oxygen atoms in total. The van der Waals surface area contributed by atoms with Gasteiger partial charge in [-0.05, 0) is 0 Å². The molecule has 0 saturated heterocycles. The van der Waals surface area contributed by atoms with Crippen LogP contribution in [0.2, 0.25) is 13.3 Å². The number of hydrogen-bond donors (Lipinski definition) is 0. The van der Waals surface area contributed by atoms with Crippen molar-refractivity contribution in [2.75, 3.05) is 0 Å². The molecule has 0 spiro atoms. The van der Waals surface area contributed by atoms with Crippen LogP contribution in [0.3, 0.4) is 0 Å². The molecule has 1 aromatic rings. The summed E-state index contributed by atoms with van der Waals surface area (Å²) in [6.07, 6.45) is 8.85. The average Bonchev–Trinajstić information content (AvgIpc) is 2.55. The van der Waals surface area contributed by atoms with Gasteiger partial charge in [-0.25, -0.2) is 0 Å². The molecule has 0 amide bonds. The molecule has 0 N–H and O–H groups in total. The van der Waals surface area contributed by atoms with Crippen molar-refractivity contribution in [3.63, 3.8) is 0 Å². The Morgan fingerprint density at radius 2 is 1.26 bits per heavy atom. The van der Waals surface area contributed by atoms with E-state index in [9.17, 15) is 4.79 Å². The van der Waals surface area contributed by atoms with Crippen molar-refractivity contribution < 1.29 is 4.79 Å². The number of benzene rings is 1. The summed E-state index contributed by atoms with van der Waals surface area (Å²) in [5.41, 5.74) is 0.763. The molecule has 0 aliphatic carbocycles. The van der Waals surface area contributed by atoms with Gasteiger partial charge in [0.05, 0.1) is 0 Å². The predicted molar refractivity (Wildman–Crippen MR) is 107 cm³/mol. The molecule has 1 rings (SSSR count). The Balaban J connectivity index is 0.000000433. The van der Waals surface area contributed by atoms with E-state index < -0.39 is 19.8 Å². The second-order valence-corrected chi connectivity index (χ2v) is 15.7. The van der Waals surface area contributed by atoms with Crippen LogP contribution < -0.4 is 4.46 Å². The standard InChI is InChI=1S/C8H7OSe.3C4H9.Sn/c1-6(9)7-2-4-8(10)5-3-7;3*1-3-4-2;/h2-5H,1H3;3*1,3-4H2,2H3;. The van der Waals surface area contributed by atoms with Crippen LogP contribution in [0.5, 0.6) is 0 Å². The summed E-state index contributed by atoms with van der Waals surface area (Å²) >= 11 is 2.02. The van der Waals surface area contributed by atoms with Gasteiger partial charge >= 0.3 is 160 Å². The van der Waals surface area contributed by atoms with Gasteiger partial charge in [0, 0.05) is 0 Å². The van der Waals surface area contributed by atoms with Crippen LogP contribution in [0.1, 0.15) is 76.6 Å². The third kappa shape index (κ3) is 13.2. The first-order valence-corrected chi connectivity index (χ1v) is 16.1. The molecule has 1 aromatic carbocycles. The Morgan fingerprint density at radius 1 is 0.870 bits per heavy atom. The summed E-state index contributed by atoms with van der Waals surface area (Å²) in [5, 5.41) is 0. The first-order valence-electron chi connectivity index (χ1n) is 9.16. The van der Waals surface area contributed by atoms with Gasteiger partial charge in [-0.3, -0.25) is 0 Å². The summed E-state index contributed by atoms with van der Waals surface area (Å²) in [5.74, 6) is 0.111. The maximum absolute atomic E-state index is 10.7. The minimum absolute atomic E-state index is 0.111. The number of rotatable bonds is 10. The number of hydrogen-bond acceptors (Lipinski definition) is 1. The van der Waals surface area contributed by atoms with Crippen LogP contribution in [-0.2, 0) is 0 Å². The Hall–Kier alpha value is 0.208. The molecule has 0 atom stereocenters. The van der Waals surface area contributed by atoms with Gasteiger partial charge in [0.25, 0.3) is 0 Å². The quantitative estimate of drug-likeness (QED) is 0.311. The van der Waals surface area contributed by atoms with Crippen molar-refractivity contribution >= 4 is 46.0 Å². The molecule has 0 unspecified atom stereocenters. The Bertz CT molecular complexity index is 384. The van der Waals surface area contributed by atoms with E-state index in [1.165, 1.54) is 38.5 Å². The fourth-order valence-electron chi connectivity index (χ4n) is 2.34. The average molecular weight is 488 g/mol. The number of Topliss-reactive ketones (excluding diaryl/α,β-unsaturated/α-hetero) is 1. The number of ketones is 1. The van der Waals surface area contributed by atoms with Crippen LogP contribution in [0.4, 0.5) is 0 Å². The molecule has 2 radical (unpaired) electrons. The van der Waals surface area contributed by atoms with Crippen molar-refractivity contribution in [2.45, 2.75) is 79.5 Å². The zero-order valence-electron chi connectivity index (χ0n) is 15.5. The van der Waals surface area contributed by atoms with Gasteiger partial charge in [0.2, 0.25) is 0 Å². The van der Waals surface area contributed by atoms with Crippen molar-refractivity contribution in [2.24, 2.45) is 0 Å². The van der Waals surface area contributed by atoms with Gasteiger partial charge in [0.15, 0.2) is 0 Å². The fourth-order valence-corrected chi connectivity index (χ4v) is 12.1. The molecule has 0 aliphatic heterocycles. The topological polar surface area (TPSA) is 17.1 Å². The van der Waals surface area contributed by atoms with Crippen LogP contribution in [0.25, 0.3) is 0 Å². The molecule has 0 heterocycles. The molecule has 0 bridgehead atoms. The molecule has 130 valence electrons. The molecular weight excluding hydrogens is 454 g/mol. The number of unbranched alkanes of at least 4 members (excludes halogenated alkanes) is 3. The predicted octanol–water partition coefficient (Wildman–Crippen LogP) is 5.56. The molecule has 0 saturated carbocycles. The minimum atomic E-state index is -0.839. The van der Waals surface area contributed by atoms with Gasteiger partial charge in [-0.1, -0.05) is 0 Å². The third-order valence-electron chi connectivity index (χ3n) is 3.91. The molecule has 3 heteroatoms. The van der Waals surface area contributed by atoms with Gasteiger partial charge in [0.1, 0.15) is 0 Å². The summed E-state index contributed by atoms with van der Waals surface area (Å²) < 4.78 is 6.10. The first-order chi connectivity index (χ1) is 11.0. The van der Waals surface area contributed by atoms with E-state index in [0.717, 1.165) is 10.0 Å². The maximum atomic E-state index is 10.7. The van der Waals surface area contributed by atoms with Gasteiger partial charge in [-0.2, -0.15) is 0 Å². The van der Waals surface area contributed by atoms with Crippen molar-refractivity contribution in [3.05, 3.63) is 29.8 Å². The van der Waals surface area contributed by atoms with Gasteiger partial charge < -0.3 is 0 Å². The van der Waals surface area contributed by atoms with Crippen LogP contribution in [0.15, 0.2) is 24.3 Å². The summed E-state index contributed by atoms with van der Waals surface area (Å²) in [6, 6.07) is 7.40. The van der Waals surface area contributed by atoms with E-state index in [1.54, 1.807) is 20.2 Å². The third-order valence-corrected chi connectivity index (χ3v) is 13.6. The van der Waals surface area contributed by atoms with Crippen LogP contribution in [0, 0.1) is 0 Å². The van der Waals surface area contributed by atoms with E-state index in [0.29, 0.717) is 0 Å². The molecule has 0 fully saturated rings. The van der Waals surface area contributed by atoms with Crippen molar-refractivity contribution in [1.82, 2.24) is 0 Å². The van der Waals surface area contributed by atoms with E-state index in [2.05, 4.69) is 36.8 Å². The van der Waals surface area contributed by atoms with Gasteiger partial charge in [-0.15, -0.1) is 0 Å². The molecule has 0 aromatic heterocycles. The van der Waals surface area contributed by atoms with E-state index in [4.69, 9.17) is 0 Å². The zero-order chi connectivity index (χ0) is 17.5. The molecular formula is C20H34OSeSn. The molecule has 23 heavy (non-hydrogen) atoms. The van der Waals surface area contributed by atoms with Crippen LogP contribution in [-0.4, -0.2) is 41.6 Å². The summed E-state index contributed by atoms with van der Waals surface area (Å²) in [4.78, 5) is 10.7. The Morgan fingerprint density at radius 3 is 1.57 bits per heavy atom. The first kappa shape index (κ1) is 23.2. The number of carbonyl (C=O) groups excluding carboxylic acids is 1.